The first-order chi connectivity index (χ1) is 6.61. The third-order valence-electron chi connectivity index (χ3n) is 1.82. The molecular formula is C8H5BrN2O2S. The first-order valence-electron chi connectivity index (χ1n) is 3.69. The van der Waals surface area contributed by atoms with E-state index >= 15 is 0 Å². The molecule has 1 amide bonds. The number of aromatic amines is 1. The number of carbonyl (C=O) groups is 1. The summed E-state index contributed by atoms with van der Waals surface area (Å²) >= 11 is 4.56. The molecule has 0 saturated heterocycles. The second kappa shape index (κ2) is 3.21. The van der Waals surface area contributed by atoms with Gasteiger partial charge < -0.3 is 10.7 Å². The molecular weight excluding hydrogens is 268 g/mol. The van der Waals surface area contributed by atoms with Gasteiger partial charge in [-0.05, 0) is 15.9 Å². The number of aromatic nitrogens is 1. The predicted octanol–water partition coefficient (Wildman–Crippen LogP) is 1.45. The van der Waals surface area contributed by atoms with Gasteiger partial charge in [0.25, 0.3) is 5.91 Å². The number of amides is 1. The third kappa shape index (κ3) is 1.27. The number of H-pyrrole nitrogens is 1. The highest BCUT2D eigenvalue weighted by Gasteiger charge is 2.12. The summed E-state index contributed by atoms with van der Waals surface area (Å²) in [6.07, 6.45) is 1.34. The summed E-state index contributed by atoms with van der Waals surface area (Å²) in [7, 11) is 0. The first kappa shape index (κ1) is 9.42. The van der Waals surface area contributed by atoms with E-state index in [4.69, 9.17) is 5.73 Å². The van der Waals surface area contributed by atoms with E-state index < -0.39 is 5.91 Å². The molecule has 0 aliphatic carbocycles. The minimum Gasteiger partial charge on any atom is -0.365 e. The number of nitrogens with one attached hydrogen (secondary N) is 1. The molecule has 0 atom stereocenters. The zero-order chi connectivity index (χ0) is 10.3. The van der Waals surface area contributed by atoms with Gasteiger partial charge in [-0.1, -0.05) is 0 Å². The van der Waals surface area contributed by atoms with Crippen LogP contribution in [-0.4, -0.2) is 10.9 Å². The van der Waals surface area contributed by atoms with Gasteiger partial charge in [-0.3, -0.25) is 9.59 Å². The highest BCUT2D eigenvalue weighted by Crippen LogP contribution is 2.25. The van der Waals surface area contributed by atoms with E-state index in [9.17, 15) is 9.59 Å². The molecule has 0 aliphatic rings. The van der Waals surface area contributed by atoms with Gasteiger partial charge in [-0.25, -0.2) is 0 Å². The first-order valence-corrected chi connectivity index (χ1v) is 5.36. The molecule has 0 bridgehead atoms. The maximum Gasteiger partial charge on any atom is 0.254 e. The average Bonchev–Trinajstić information content (AvgIpc) is 2.49. The van der Waals surface area contributed by atoms with Crippen LogP contribution in [0.3, 0.4) is 0 Å². The van der Waals surface area contributed by atoms with Gasteiger partial charge in [-0.2, -0.15) is 0 Å². The Morgan fingerprint density at radius 1 is 1.57 bits per heavy atom. The Hall–Kier alpha value is -1.14. The van der Waals surface area contributed by atoms with E-state index in [2.05, 4.69) is 20.9 Å². The molecule has 0 fully saturated rings. The van der Waals surface area contributed by atoms with Crippen molar-refractivity contribution in [3.8, 4) is 0 Å². The number of fused-ring (bicyclic) bond motifs is 1. The number of carbonyl (C=O) groups excluding carboxylic acids is 1. The second-order valence-electron chi connectivity index (χ2n) is 2.68. The van der Waals surface area contributed by atoms with Crippen molar-refractivity contribution in [2.24, 2.45) is 5.73 Å². The van der Waals surface area contributed by atoms with E-state index in [-0.39, 0.29) is 11.0 Å². The van der Waals surface area contributed by atoms with Crippen LogP contribution in [0.1, 0.15) is 10.4 Å². The summed E-state index contributed by atoms with van der Waals surface area (Å²) in [5, 5.41) is 1.79. The monoisotopic (exact) mass is 272 g/mol. The van der Waals surface area contributed by atoms with Crippen LogP contribution >= 0.6 is 27.3 Å². The summed E-state index contributed by atoms with van der Waals surface area (Å²) in [6, 6.07) is 0. The Morgan fingerprint density at radius 2 is 2.29 bits per heavy atom. The van der Waals surface area contributed by atoms with Crippen molar-refractivity contribution in [1.29, 1.82) is 0 Å². The van der Waals surface area contributed by atoms with Gasteiger partial charge >= 0.3 is 0 Å². The van der Waals surface area contributed by atoms with Crippen molar-refractivity contribution >= 4 is 43.4 Å². The lowest BCUT2D eigenvalue weighted by Crippen LogP contribution is -2.21. The molecule has 6 heteroatoms. The predicted molar refractivity (Wildman–Crippen MR) is 58.7 cm³/mol. The maximum absolute atomic E-state index is 11.7. The summed E-state index contributed by atoms with van der Waals surface area (Å²) in [5.41, 5.74) is 5.42. The molecule has 14 heavy (non-hydrogen) atoms. The van der Waals surface area contributed by atoms with Gasteiger partial charge in [-0.15, -0.1) is 11.3 Å². The van der Waals surface area contributed by atoms with E-state index in [1.165, 1.54) is 17.5 Å². The van der Waals surface area contributed by atoms with Crippen LogP contribution < -0.4 is 11.2 Å². The smallest absolute Gasteiger partial charge is 0.254 e. The molecule has 0 aliphatic heterocycles. The van der Waals surface area contributed by atoms with Crippen molar-refractivity contribution in [2.75, 3.05) is 0 Å². The molecule has 0 unspecified atom stereocenters. The fourth-order valence-electron chi connectivity index (χ4n) is 1.15. The molecule has 2 aromatic rings. The van der Waals surface area contributed by atoms with Crippen molar-refractivity contribution in [1.82, 2.24) is 4.98 Å². The lowest BCUT2D eigenvalue weighted by molar-refractivity contribution is 0.0999. The molecule has 2 aromatic heterocycles. The Labute approximate surface area is 90.9 Å². The quantitative estimate of drug-likeness (QED) is 0.825. The van der Waals surface area contributed by atoms with Crippen molar-refractivity contribution in [2.45, 2.75) is 0 Å². The largest absolute Gasteiger partial charge is 0.365 e. The summed E-state index contributed by atoms with van der Waals surface area (Å²) in [4.78, 5) is 25.4. The Kier molecular flexibility index (Phi) is 2.16. The van der Waals surface area contributed by atoms with Gasteiger partial charge in [0.05, 0.1) is 14.7 Å². The molecule has 2 rings (SSSR count). The SMILES string of the molecule is NC(=O)c1c[nH]c2c(Br)csc2c1=O. The number of hydrogen-bond donors (Lipinski definition) is 2. The zero-order valence-corrected chi connectivity index (χ0v) is 9.24. The second-order valence-corrected chi connectivity index (χ2v) is 4.42. The van der Waals surface area contributed by atoms with Crippen LogP contribution in [0.25, 0.3) is 10.2 Å². The van der Waals surface area contributed by atoms with Crippen molar-refractivity contribution in [3.05, 3.63) is 31.8 Å². The lowest BCUT2D eigenvalue weighted by Gasteiger charge is -1.95. The number of nitrogens with two attached hydrogens (primary N) is 1. The van der Waals surface area contributed by atoms with Gasteiger partial charge in [0.1, 0.15) is 5.56 Å². The van der Waals surface area contributed by atoms with Gasteiger partial charge in [0, 0.05) is 11.6 Å². The number of primary amides is 1. The number of halogens is 1. The van der Waals surface area contributed by atoms with E-state index in [1.54, 1.807) is 5.38 Å². The molecule has 72 valence electrons. The number of thiophene rings is 1. The summed E-state index contributed by atoms with van der Waals surface area (Å²) in [5.74, 6) is -0.710. The summed E-state index contributed by atoms with van der Waals surface area (Å²) < 4.78 is 1.32. The van der Waals surface area contributed by atoms with Crippen molar-refractivity contribution < 1.29 is 4.79 Å². The highest BCUT2D eigenvalue weighted by molar-refractivity contribution is 9.10. The topological polar surface area (TPSA) is 76.0 Å². The van der Waals surface area contributed by atoms with Crippen LogP contribution in [0, 0.1) is 0 Å². The zero-order valence-electron chi connectivity index (χ0n) is 6.83. The third-order valence-corrected chi connectivity index (χ3v) is 3.73. The molecule has 2 heterocycles. The van der Waals surface area contributed by atoms with Crippen LogP contribution in [0.4, 0.5) is 0 Å². The standard InChI is InChI=1S/C8H5BrN2O2S/c9-4-2-14-7-5(4)11-1-3(6(7)12)8(10)13/h1-2H,(H2,10,13)(H,11,12). The normalized spacial score (nSPS) is 10.6. The lowest BCUT2D eigenvalue weighted by atomic mass is 10.2. The molecule has 4 nitrogen and oxygen atoms in total. The molecule has 3 N–H and O–H groups in total. The van der Waals surface area contributed by atoms with Crippen LogP contribution in [-0.2, 0) is 0 Å². The minimum atomic E-state index is -0.710. The molecule has 0 radical (unpaired) electrons. The fraction of sp³-hybridized carbons (Fsp3) is 0. The fourth-order valence-corrected chi connectivity index (χ4v) is 2.72. The number of rotatable bonds is 1. The Bertz CT molecular complexity index is 572. The summed E-state index contributed by atoms with van der Waals surface area (Å²) in [6.45, 7) is 0. The average molecular weight is 273 g/mol. The van der Waals surface area contributed by atoms with Gasteiger partial charge in [0.2, 0.25) is 5.43 Å². The Balaban J connectivity index is 2.90. The van der Waals surface area contributed by atoms with Gasteiger partial charge in [0.15, 0.2) is 0 Å². The van der Waals surface area contributed by atoms with Crippen LogP contribution in [0.2, 0.25) is 0 Å². The maximum atomic E-state index is 11.7. The van der Waals surface area contributed by atoms with Crippen molar-refractivity contribution in [3.63, 3.8) is 0 Å². The molecule has 0 saturated carbocycles. The van der Waals surface area contributed by atoms with Crippen LogP contribution in [0.5, 0.6) is 0 Å². The Morgan fingerprint density at radius 3 is 2.93 bits per heavy atom. The van der Waals surface area contributed by atoms with E-state index in [0.29, 0.717) is 10.2 Å². The van der Waals surface area contributed by atoms with E-state index in [0.717, 1.165) is 4.47 Å². The van der Waals surface area contributed by atoms with E-state index in [1.807, 2.05) is 0 Å². The number of pyridine rings is 1. The minimum absolute atomic E-state index is 0.00755. The highest BCUT2D eigenvalue weighted by atomic mass is 79.9. The molecule has 0 spiro atoms. The number of hydrogen-bond acceptors (Lipinski definition) is 3. The molecule has 0 aromatic carbocycles. The van der Waals surface area contributed by atoms with Crippen LogP contribution in [0.15, 0.2) is 20.8 Å².